The second-order valence-corrected chi connectivity index (χ2v) is 4.50. The molecule has 0 radical (unpaired) electrons. The van der Waals surface area contributed by atoms with Gasteiger partial charge in [0, 0.05) is 0 Å². The predicted octanol–water partition coefficient (Wildman–Crippen LogP) is -1.44. The first-order chi connectivity index (χ1) is 9.04. The average molecular weight is 286 g/mol. The second-order valence-electron chi connectivity index (χ2n) is 4.11. The van der Waals surface area contributed by atoms with Crippen LogP contribution in [0.3, 0.4) is 0 Å². The fourth-order valence-corrected chi connectivity index (χ4v) is 1.92. The van der Waals surface area contributed by atoms with Crippen molar-refractivity contribution in [3.8, 4) is 0 Å². The van der Waals surface area contributed by atoms with Gasteiger partial charge >= 0.3 is 0 Å². The molecule has 104 valence electrons. The van der Waals surface area contributed by atoms with Crippen molar-refractivity contribution >= 4 is 23.4 Å². The van der Waals surface area contributed by atoms with E-state index in [1.807, 2.05) is 0 Å². The lowest BCUT2D eigenvalue weighted by molar-refractivity contribution is -0.0803. The molecule has 2 rings (SSSR count). The fraction of sp³-hybridized carbons (Fsp3) is 0.500. The highest BCUT2D eigenvalue weighted by molar-refractivity contribution is 7.71. The van der Waals surface area contributed by atoms with Crippen molar-refractivity contribution in [3.05, 3.63) is 17.3 Å². The number of aliphatic hydroxyl groups is 4. The number of imidazole rings is 1. The number of hydrogen-bond acceptors (Lipinski definition) is 7. The molecule has 9 heteroatoms. The van der Waals surface area contributed by atoms with Crippen LogP contribution < -0.4 is 0 Å². The van der Waals surface area contributed by atoms with E-state index in [9.17, 15) is 15.3 Å². The van der Waals surface area contributed by atoms with Crippen LogP contribution in [0.25, 0.3) is 11.2 Å². The number of aromatic amines is 1. The van der Waals surface area contributed by atoms with Crippen molar-refractivity contribution in [2.45, 2.75) is 24.9 Å². The lowest BCUT2D eigenvalue weighted by Crippen LogP contribution is -2.41. The average Bonchev–Trinajstić information content (AvgIpc) is 2.81. The minimum atomic E-state index is -1.45. The predicted molar refractivity (Wildman–Crippen MR) is 67.8 cm³/mol. The van der Waals surface area contributed by atoms with Crippen LogP contribution in [0.4, 0.5) is 0 Å². The molecule has 0 spiro atoms. The third kappa shape index (κ3) is 2.80. The zero-order chi connectivity index (χ0) is 14.0. The Morgan fingerprint density at radius 2 is 2.00 bits per heavy atom. The van der Waals surface area contributed by atoms with E-state index in [1.54, 1.807) is 4.57 Å². The van der Waals surface area contributed by atoms with Gasteiger partial charge in [-0.15, -0.1) is 0 Å². The molecule has 19 heavy (non-hydrogen) atoms. The molecule has 0 aliphatic heterocycles. The summed E-state index contributed by atoms with van der Waals surface area (Å²) in [6.45, 7) is -0.640. The van der Waals surface area contributed by atoms with Crippen molar-refractivity contribution < 1.29 is 20.4 Å². The van der Waals surface area contributed by atoms with Crippen LogP contribution in [0.2, 0.25) is 0 Å². The van der Waals surface area contributed by atoms with Crippen molar-refractivity contribution in [2.75, 3.05) is 6.61 Å². The van der Waals surface area contributed by atoms with Crippen LogP contribution in [0.5, 0.6) is 0 Å². The Balaban J connectivity index is 2.22. The van der Waals surface area contributed by atoms with E-state index in [0.29, 0.717) is 15.8 Å². The summed E-state index contributed by atoms with van der Waals surface area (Å²) in [6.07, 6.45) is -1.25. The molecule has 2 aromatic heterocycles. The standard InChI is InChI=1S/C10H14N4O4S/c15-2-6(17)8(18)5(16)1-14-4-13-7-9(14)11-3-12-10(7)19/h3-6,8,15-18H,1-2H2,(H,11,12,19)/t5-,6+,8-/m0/s1. The van der Waals surface area contributed by atoms with Gasteiger partial charge in [-0.25, -0.2) is 9.97 Å². The summed E-state index contributed by atoms with van der Waals surface area (Å²) >= 11 is 5.00. The van der Waals surface area contributed by atoms with Gasteiger partial charge in [0.15, 0.2) is 4.64 Å². The lowest BCUT2D eigenvalue weighted by atomic mass is 10.1. The highest BCUT2D eigenvalue weighted by atomic mass is 32.1. The zero-order valence-electron chi connectivity index (χ0n) is 9.84. The minimum absolute atomic E-state index is 0.00991. The molecule has 0 fully saturated rings. The van der Waals surface area contributed by atoms with Gasteiger partial charge in [-0.3, -0.25) is 0 Å². The number of hydrogen-bond donors (Lipinski definition) is 5. The van der Waals surface area contributed by atoms with Crippen LogP contribution in [0, 0.1) is 4.64 Å². The molecule has 3 atom stereocenters. The van der Waals surface area contributed by atoms with E-state index in [0.717, 1.165) is 0 Å². The first-order valence-electron chi connectivity index (χ1n) is 5.58. The number of aromatic nitrogens is 4. The fourth-order valence-electron chi connectivity index (χ4n) is 1.72. The molecule has 0 unspecified atom stereocenters. The molecule has 2 heterocycles. The van der Waals surface area contributed by atoms with Gasteiger partial charge in [0.05, 0.1) is 25.8 Å². The second kappa shape index (κ2) is 5.72. The Hall–Kier alpha value is -1.39. The van der Waals surface area contributed by atoms with Crippen molar-refractivity contribution in [3.63, 3.8) is 0 Å². The zero-order valence-corrected chi connectivity index (χ0v) is 10.7. The summed E-state index contributed by atoms with van der Waals surface area (Å²) in [6, 6.07) is 0. The highest BCUT2D eigenvalue weighted by Gasteiger charge is 2.24. The molecule has 8 nitrogen and oxygen atoms in total. The third-order valence-corrected chi connectivity index (χ3v) is 3.08. The monoisotopic (exact) mass is 286 g/mol. The third-order valence-electron chi connectivity index (χ3n) is 2.78. The first-order valence-corrected chi connectivity index (χ1v) is 5.99. The van der Waals surface area contributed by atoms with Crippen LogP contribution in [0.1, 0.15) is 0 Å². The summed E-state index contributed by atoms with van der Waals surface area (Å²) in [5.74, 6) is 0. The van der Waals surface area contributed by atoms with Gasteiger partial charge in [0.1, 0.15) is 29.5 Å². The highest BCUT2D eigenvalue weighted by Crippen LogP contribution is 2.11. The molecule has 0 amide bonds. The van der Waals surface area contributed by atoms with Gasteiger partial charge in [0.2, 0.25) is 0 Å². The number of fused-ring (bicyclic) bond motifs is 1. The van der Waals surface area contributed by atoms with E-state index in [2.05, 4.69) is 15.0 Å². The van der Waals surface area contributed by atoms with Crippen molar-refractivity contribution in [2.24, 2.45) is 0 Å². The number of H-pyrrole nitrogens is 1. The van der Waals surface area contributed by atoms with Crippen LogP contribution in [0.15, 0.2) is 12.7 Å². The summed E-state index contributed by atoms with van der Waals surface area (Å²) in [4.78, 5) is 10.8. The van der Waals surface area contributed by atoms with E-state index < -0.39 is 24.9 Å². The van der Waals surface area contributed by atoms with Crippen molar-refractivity contribution in [1.29, 1.82) is 0 Å². The molecule has 0 aromatic carbocycles. The van der Waals surface area contributed by atoms with E-state index >= 15 is 0 Å². The maximum absolute atomic E-state index is 9.79. The number of nitrogens with zero attached hydrogens (tertiary/aromatic N) is 3. The Kier molecular flexibility index (Phi) is 4.22. The van der Waals surface area contributed by atoms with Gasteiger partial charge in [-0.1, -0.05) is 12.2 Å². The van der Waals surface area contributed by atoms with E-state index in [1.165, 1.54) is 12.7 Å². The molecule has 0 bridgehead atoms. The van der Waals surface area contributed by atoms with Crippen molar-refractivity contribution in [1.82, 2.24) is 19.5 Å². The first kappa shape index (κ1) is 14.0. The lowest BCUT2D eigenvalue weighted by Gasteiger charge is -2.21. The molecule has 0 aliphatic rings. The van der Waals surface area contributed by atoms with Crippen LogP contribution in [-0.2, 0) is 6.54 Å². The van der Waals surface area contributed by atoms with Gasteiger partial charge in [0.25, 0.3) is 0 Å². The largest absolute Gasteiger partial charge is 0.394 e. The Morgan fingerprint density at radius 1 is 1.26 bits per heavy atom. The SMILES string of the molecule is OC[C@@H](O)[C@@H](O)[C@@H](O)Cn1cnc2c(=S)nc[nH]c21. The van der Waals surface area contributed by atoms with E-state index in [-0.39, 0.29) is 6.54 Å². The summed E-state index contributed by atoms with van der Waals surface area (Å²) in [5.41, 5.74) is 1.05. The number of nitrogens with one attached hydrogen (secondary N) is 1. The number of aliphatic hydroxyl groups excluding tert-OH is 4. The summed E-state index contributed by atoms with van der Waals surface area (Å²) in [7, 11) is 0. The normalized spacial score (nSPS) is 16.4. The molecule has 0 saturated heterocycles. The molecular weight excluding hydrogens is 272 g/mol. The minimum Gasteiger partial charge on any atom is -0.394 e. The maximum atomic E-state index is 9.79. The molecule has 0 saturated carbocycles. The number of rotatable bonds is 5. The Morgan fingerprint density at radius 3 is 2.68 bits per heavy atom. The van der Waals surface area contributed by atoms with Crippen LogP contribution >= 0.6 is 12.2 Å². The topological polar surface area (TPSA) is 127 Å². The summed E-state index contributed by atoms with van der Waals surface area (Å²) in [5, 5.41) is 37.4. The molecule has 0 aliphatic carbocycles. The van der Waals surface area contributed by atoms with E-state index in [4.69, 9.17) is 17.3 Å². The molecule has 2 aromatic rings. The Labute approximate surface area is 113 Å². The Bertz CT molecular complexity index is 613. The summed E-state index contributed by atoms with van der Waals surface area (Å²) < 4.78 is 1.88. The van der Waals surface area contributed by atoms with Gasteiger partial charge < -0.3 is 30.0 Å². The van der Waals surface area contributed by atoms with Crippen LogP contribution in [-0.4, -0.2) is 64.9 Å². The smallest absolute Gasteiger partial charge is 0.157 e. The quantitative estimate of drug-likeness (QED) is 0.426. The molecular formula is C10H14N4O4S. The van der Waals surface area contributed by atoms with Gasteiger partial charge in [-0.2, -0.15) is 0 Å². The van der Waals surface area contributed by atoms with Gasteiger partial charge in [-0.05, 0) is 0 Å². The molecule has 5 N–H and O–H groups in total. The maximum Gasteiger partial charge on any atom is 0.157 e.